The molecule has 19 heavy (non-hydrogen) atoms. The van der Waals surface area contributed by atoms with Gasteiger partial charge in [-0.15, -0.1) is 0 Å². The zero-order valence-electron chi connectivity index (χ0n) is 9.88. The van der Waals surface area contributed by atoms with E-state index in [4.69, 9.17) is 6.42 Å². The van der Waals surface area contributed by atoms with Gasteiger partial charge in [-0.05, 0) is 24.3 Å². The van der Waals surface area contributed by atoms with Gasteiger partial charge in [-0.2, -0.15) is 0 Å². The molecule has 94 valence electrons. The van der Waals surface area contributed by atoms with Gasteiger partial charge in [-0.1, -0.05) is 13.0 Å². The van der Waals surface area contributed by atoms with Crippen molar-refractivity contribution in [3.63, 3.8) is 0 Å². The molecule has 0 saturated carbocycles. The first-order valence-corrected chi connectivity index (χ1v) is 5.36. The quantitative estimate of drug-likeness (QED) is 0.345. The number of anilines is 1. The van der Waals surface area contributed by atoms with Crippen LogP contribution in [-0.4, -0.2) is 17.8 Å². The Hall–Kier alpha value is -2.87. The van der Waals surface area contributed by atoms with E-state index in [0.717, 1.165) is 4.90 Å². The van der Waals surface area contributed by atoms with Crippen molar-refractivity contribution in [2.45, 2.75) is 6.42 Å². The van der Waals surface area contributed by atoms with E-state index in [2.05, 4.69) is 11.3 Å². The van der Waals surface area contributed by atoms with Crippen LogP contribution < -0.4 is 4.90 Å². The van der Waals surface area contributed by atoms with E-state index >= 15 is 0 Å². The molecule has 1 fully saturated rings. The van der Waals surface area contributed by atoms with Crippen molar-refractivity contribution >= 4 is 23.5 Å². The van der Waals surface area contributed by atoms with Crippen molar-refractivity contribution in [1.29, 1.82) is 0 Å². The van der Waals surface area contributed by atoms with Gasteiger partial charge in [0, 0.05) is 5.57 Å². The lowest BCUT2D eigenvalue weighted by Crippen LogP contribution is -2.28. The molecule has 0 radical (unpaired) electrons. The molecule has 0 N–H and O–H groups in total. The number of carbonyl (C=O) groups is 3. The summed E-state index contributed by atoms with van der Waals surface area (Å²) in [7, 11) is 0. The van der Waals surface area contributed by atoms with Crippen molar-refractivity contribution in [3.8, 4) is 12.5 Å². The first-order chi connectivity index (χ1) is 9.04. The number of hydrogen-bond donors (Lipinski definition) is 0. The summed E-state index contributed by atoms with van der Waals surface area (Å²) in [6, 6.07) is 5.80. The molecule has 0 spiro atoms. The third-order valence-corrected chi connectivity index (χ3v) is 2.63. The number of imide groups is 1. The Labute approximate surface area is 109 Å². The van der Waals surface area contributed by atoms with Gasteiger partial charge >= 0.3 is 5.97 Å². The number of terminal acetylenes is 1. The van der Waals surface area contributed by atoms with Gasteiger partial charge < -0.3 is 4.74 Å². The molecule has 1 saturated heterocycles. The predicted molar refractivity (Wildman–Crippen MR) is 66.9 cm³/mol. The summed E-state index contributed by atoms with van der Waals surface area (Å²) >= 11 is 0. The first kappa shape index (κ1) is 12.6. The Morgan fingerprint density at radius 3 is 2.42 bits per heavy atom. The third-order valence-electron chi connectivity index (χ3n) is 2.63. The monoisotopic (exact) mass is 255 g/mol. The summed E-state index contributed by atoms with van der Waals surface area (Å²) in [5, 5.41) is 0. The summed E-state index contributed by atoms with van der Waals surface area (Å²) in [5.41, 5.74) is 0.867. The zero-order chi connectivity index (χ0) is 14.0. The van der Waals surface area contributed by atoms with E-state index in [1.165, 1.54) is 24.3 Å². The zero-order valence-corrected chi connectivity index (χ0v) is 9.88. The average Bonchev–Trinajstić information content (AvgIpc) is 2.64. The highest BCUT2D eigenvalue weighted by molar-refractivity contribution is 6.27. The minimum Gasteiger partial charge on any atom is -0.369 e. The number of hydrogen-bond acceptors (Lipinski definition) is 4. The largest absolute Gasteiger partial charge is 0.369 e. The maximum absolute atomic E-state index is 11.7. The number of esters is 1. The van der Waals surface area contributed by atoms with E-state index in [-0.39, 0.29) is 23.5 Å². The molecule has 0 atom stereocenters. The minimum atomic E-state index is -0.669. The fraction of sp³-hybridized carbons (Fsp3) is 0.0714. The van der Waals surface area contributed by atoms with E-state index in [1.807, 2.05) is 0 Å². The SMILES string of the molecule is C#COC(=O)c1ccc(N2C(=O)CC(=C)C2=O)cc1. The lowest BCUT2D eigenvalue weighted by atomic mass is 10.2. The van der Waals surface area contributed by atoms with Crippen molar-refractivity contribution in [2.75, 3.05) is 4.90 Å². The second-order valence-electron chi connectivity index (χ2n) is 3.87. The number of nitrogens with zero attached hydrogens (tertiary/aromatic N) is 1. The highest BCUT2D eigenvalue weighted by Crippen LogP contribution is 2.25. The number of ether oxygens (including phenoxy) is 1. The van der Waals surface area contributed by atoms with Crippen LogP contribution in [0.3, 0.4) is 0 Å². The molecule has 0 aromatic heterocycles. The molecule has 0 bridgehead atoms. The third kappa shape index (κ3) is 2.24. The van der Waals surface area contributed by atoms with Crippen LogP contribution in [0.1, 0.15) is 16.8 Å². The van der Waals surface area contributed by atoms with E-state index in [9.17, 15) is 14.4 Å². The number of rotatable bonds is 2. The molecular formula is C14H9NO4. The molecule has 2 rings (SSSR count). The molecule has 2 amide bonds. The second-order valence-corrected chi connectivity index (χ2v) is 3.87. The average molecular weight is 255 g/mol. The van der Waals surface area contributed by atoms with Crippen LogP contribution in [-0.2, 0) is 14.3 Å². The van der Waals surface area contributed by atoms with Gasteiger partial charge in [0.25, 0.3) is 5.91 Å². The Morgan fingerprint density at radius 2 is 1.95 bits per heavy atom. The molecule has 1 aliphatic rings. The highest BCUT2D eigenvalue weighted by Gasteiger charge is 2.33. The van der Waals surface area contributed by atoms with E-state index in [1.54, 1.807) is 6.11 Å². The molecular weight excluding hydrogens is 246 g/mol. The van der Waals surface area contributed by atoms with E-state index < -0.39 is 11.9 Å². The van der Waals surface area contributed by atoms with Crippen LogP contribution in [0.2, 0.25) is 0 Å². The van der Waals surface area contributed by atoms with Crippen LogP contribution in [0, 0.1) is 12.5 Å². The second kappa shape index (κ2) is 4.78. The van der Waals surface area contributed by atoms with Gasteiger partial charge in [0.15, 0.2) is 0 Å². The Balaban J connectivity index is 2.27. The Bertz CT molecular complexity index is 622. The highest BCUT2D eigenvalue weighted by atomic mass is 16.5. The minimum absolute atomic E-state index is 0.0136. The van der Waals surface area contributed by atoms with Gasteiger partial charge in [0.05, 0.1) is 17.7 Å². The van der Waals surface area contributed by atoms with Gasteiger partial charge in [-0.3, -0.25) is 9.59 Å². The predicted octanol–water partition coefficient (Wildman–Crippen LogP) is 1.25. The molecule has 1 aromatic carbocycles. The lowest BCUT2D eigenvalue weighted by molar-refractivity contribution is -0.120. The molecule has 0 aliphatic carbocycles. The van der Waals surface area contributed by atoms with Crippen LogP contribution in [0.25, 0.3) is 0 Å². The molecule has 5 nitrogen and oxygen atoms in total. The summed E-state index contributed by atoms with van der Waals surface area (Å²) in [6.07, 6.45) is 6.64. The normalized spacial score (nSPS) is 14.5. The molecule has 5 heteroatoms. The van der Waals surface area contributed by atoms with Gasteiger partial charge in [0.1, 0.15) is 6.11 Å². The van der Waals surface area contributed by atoms with Crippen molar-refractivity contribution in [3.05, 3.63) is 42.0 Å². The fourth-order valence-electron chi connectivity index (χ4n) is 1.73. The summed E-state index contributed by atoms with van der Waals surface area (Å²) in [4.78, 5) is 35.7. The summed E-state index contributed by atoms with van der Waals surface area (Å²) in [5.74, 6) is -1.43. The molecule has 1 aliphatic heterocycles. The van der Waals surface area contributed by atoms with Crippen LogP contribution in [0.5, 0.6) is 0 Å². The topological polar surface area (TPSA) is 63.7 Å². The Kier molecular flexibility index (Phi) is 3.17. The van der Waals surface area contributed by atoms with Gasteiger partial charge in [-0.25, -0.2) is 9.69 Å². The smallest absolute Gasteiger partial charge is 0.352 e. The lowest BCUT2D eigenvalue weighted by Gasteiger charge is -2.13. The van der Waals surface area contributed by atoms with Crippen molar-refractivity contribution < 1.29 is 19.1 Å². The number of amides is 2. The van der Waals surface area contributed by atoms with Gasteiger partial charge in [0.2, 0.25) is 5.91 Å². The maximum atomic E-state index is 11.7. The van der Waals surface area contributed by atoms with Crippen molar-refractivity contribution in [1.82, 2.24) is 0 Å². The van der Waals surface area contributed by atoms with Crippen LogP contribution >= 0.6 is 0 Å². The first-order valence-electron chi connectivity index (χ1n) is 5.36. The summed E-state index contributed by atoms with van der Waals surface area (Å²) in [6.45, 7) is 3.52. The maximum Gasteiger partial charge on any atom is 0.352 e. The standard InChI is InChI=1S/C14H9NO4/c1-3-19-14(18)10-4-6-11(7-5-10)15-12(16)8-9(2)13(15)17/h1,4-7H,2,8H2. The fourth-order valence-corrected chi connectivity index (χ4v) is 1.73. The summed E-state index contributed by atoms with van der Waals surface area (Å²) < 4.78 is 4.38. The number of benzene rings is 1. The van der Waals surface area contributed by atoms with Crippen LogP contribution in [0.15, 0.2) is 36.4 Å². The number of carbonyl (C=O) groups excluding carboxylic acids is 3. The molecule has 0 unspecified atom stereocenters. The molecule has 1 heterocycles. The van der Waals surface area contributed by atoms with Crippen LogP contribution in [0.4, 0.5) is 5.69 Å². The molecule has 1 aromatic rings. The van der Waals surface area contributed by atoms with E-state index in [0.29, 0.717) is 5.69 Å². The Morgan fingerprint density at radius 1 is 1.32 bits per heavy atom. The van der Waals surface area contributed by atoms with Crippen molar-refractivity contribution in [2.24, 2.45) is 0 Å².